The fraction of sp³-hybridized carbons (Fsp3) is 0.667. The van der Waals surface area contributed by atoms with Crippen LogP contribution >= 0.6 is 7.60 Å². The van der Waals surface area contributed by atoms with E-state index in [2.05, 4.69) is 6.58 Å². The van der Waals surface area contributed by atoms with Crippen molar-refractivity contribution in [1.82, 2.24) is 0 Å². The molecule has 0 saturated heterocycles. The highest BCUT2D eigenvalue weighted by atomic mass is 31.2. The molecule has 0 aromatic rings. The van der Waals surface area contributed by atoms with Crippen LogP contribution in [-0.4, -0.2) is 18.3 Å². The zero-order valence-electron chi connectivity index (χ0n) is 6.74. The summed E-state index contributed by atoms with van der Waals surface area (Å²) in [6.07, 6.45) is 0. The molecule has 66 valence electrons. The van der Waals surface area contributed by atoms with Crippen molar-refractivity contribution in [2.75, 3.05) is 13.2 Å². The van der Waals surface area contributed by atoms with E-state index in [1.807, 2.05) is 0 Å². The summed E-state index contributed by atoms with van der Waals surface area (Å²) in [6.45, 7) is 6.87. The van der Waals surface area contributed by atoms with Gasteiger partial charge in [-0.15, -0.1) is 0 Å². The molecule has 0 rings (SSSR count). The van der Waals surface area contributed by atoms with E-state index < -0.39 is 13.1 Å². The van der Waals surface area contributed by atoms with Crippen LogP contribution in [0.3, 0.4) is 0 Å². The van der Waals surface area contributed by atoms with Gasteiger partial charge >= 0.3 is 7.60 Å². The molecule has 0 saturated carbocycles. The maximum Gasteiger partial charge on any atom is 0.394 e. The number of hydrogen-bond donors (Lipinski definition) is 1. The highest BCUT2D eigenvalue weighted by Crippen LogP contribution is 2.53. The van der Waals surface area contributed by atoms with Gasteiger partial charge in [0.25, 0.3) is 0 Å². The van der Waals surface area contributed by atoms with Crippen molar-refractivity contribution in [2.45, 2.75) is 13.8 Å². The lowest BCUT2D eigenvalue weighted by atomic mass is 10.9. The van der Waals surface area contributed by atoms with Crippen LogP contribution in [0.1, 0.15) is 13.8 Å². The van der Waals surface area contributed by atoms with Crippen molar-refractivity contribution in [1.29, 1.82) is 0 Å². The lowest BCUT2D eigenvalue weighted by Gasteiger charge is -2.14. The molecular weight excluding hydrogens is 167 g/mol. The molecule has 11 heavy (non-hydrogen) atoms. The van der Waals surface area contributed by atoms with E-state index in [-0.39, 0.29) is 13.2 Å². The Morgan fingerprint density at radius 1 is 1.45 bits per heavy atom. The first kappa shape index (κ1) is 10.7. The molecule has 0 amide bonds. The van der Waals surface area contributed by atoms with E-state index in [9.17, 15) is 4.57 Å². The molecule has 0 atom stereocenters. The molecule has 0 unspecified atom stereocenters. The van der Waals surface area contributed by atoms with Crippen molar-refractivity contribution in [3.63, 3.8) is 0 Å². The van der Waals surface area contributed by atoms with Gasteiger partial charge in [-0.05, 0) is 20.4 Å². The molecular formula is C6H13O4P. The minimum Gasteiger partial charge on any atom is -0.502 e. The van der Waals surface area contributed by atoms with Crippen molar-refractivity contribution >= 4 is 7.60 Å². The number of aliphatic hydroxyl groups is 1. The Morgan fingerprint density at radius 2 is 1.82 bits per heavy atom. The van der Waals surface area contributed by atoms with Gasteiger partial charge in [-0.2, -0.15) is 0 Å². The van der Waals surface area contributed by atoms with Crippen molar-refractivity contribution in [3.8, 4) is 0 Å². The first-order chi connectivity index (χ1) is 5.06. The topological polar surface area (TPSA) is 55.8 Å². The normalized spacial score (nSPS) is 11.5. The van der Waals surface area contributed by atoms with Gasteiger partial charge in [0.05, 0.1) is 13.2 Å². The minimum atomic E-state index is -3.43. The quantitative estimate of drug-likeness (QED) is 0.520. The molecule has 0 aromatic carbocycles. The van der Waals surface area contributed by atoms with Gasteiger partial charge < -0.3 is 14.2 Å². The fourth-order valence-corrected chi connectivity index (χ4v) is 1.58. The van der Waals surface area contributed by atoms with E-state index in [1.54, 1.807) is 13.8 Å². The maximum atomic E-state index is 11.3. The van der Waals surface area contributed by atoms with Crippen molar-refractivity contribution in [3.05, 3.63) is 12.1 Å². The summed E-state index contributed by atoms with van der Waals surface area (Å²) in [4.78, 5) is 0. The predicted octanol–water partition coefficient (Wildman–Crippen LogP) is 2.28. The second kappa shape index (κ2) is 4.54. The lowest BCUT2D eigenvalue weighted by Crippen LogP contribution is -1.97. The fourth-order valence-electron chi connectivity index (χ4n) is 0.526. The van der Waals surface area contributed by atoms with Crippen LogP contribution in [0.5, 0.6) is 0 Å². The van der Waals surface area contributed by atoms with Crippen LogP contribution in [0.4, 0.5) is 0 Å². The van der Waals surface area contributed by atoms with Gasteiger partial charge in [0.2, 0.25) is 0 Å². The maximum absolute atomic E-state index is 11.3. The Hall–Kier alpha value is -0.310. The van der Waals surface area contributed by atoms with Crippen molar-refractivity contribution < 1.29 is 18.7 Å². The molecule has 0 aromatic heterocycles. The first-order valence-electron chi connectivity index (χ1n) is 3.34. The van der Waals surface area contributed by atoms with Crippen LogP contribution < -0.4 is 0 Å². The van der Waals surface area contributed by atoms with Crippen molar-refractivity contribution in [2.24, 2.45) is 0 Å². The van der Waals surface area contributed by atoms with E-state index in [1.165, 1.54) is 0 Å². The van der Waals surface area contributed by atoms with Crippen LogP contribution in [0.2, 0.25) is 0 Å². The van der Waals surface area contributed by atoms with Crippen LogP contribution in [0.25, 0.3) is 0 Å². The molecule has 0 spiro atoms. The van der Waals surface area contributed by atoms with Crippen LogP contribution in [-0.2, 0) is 13.6 Å². The number of hydrogen-bond acceptors (Lipinski definition) is 4. The van der Waals surface area contributed by atoms with E-state index in [0.29, 0.717) is 0 Å². The monoisotopic (exact) mass is 180 g/mol. The third-order valence-electron chi connectivity index (χ3n) is 0.914. The summed E-state index contributed by atoms with van der Waals surface area (Å²) in [5, 5.41) is 8.83. The largest absolute Gasteiger partial charge is 0.502 e. The highest BCUT2D eigenvalue weighted by Gasteiger charge is 2.27. The van der Waals surface area contributed by atoms with Gasteiger partial charge in [0.1, 0.15) is 0 Å². The summed E-state index contributed by atoms with van der Waals surface area (Å²) in [6, 6.07) is 0. The summed E-state index contributed by atoms with van der Waals surface area (Å²) in [5.74, 6) is 0. The molecule has 1 N–H and O–H groups in total. The number of rotatable bonds is 5. The zero-order valence-corrected chi connectivity index (χ0v) is 7.63. The summed E-state index contributed by atoms with van der Waals surface area (Å²) in [7, 11) is -3.43. The second-order valence-electron chi connectivity index (χ2n) is 1.75. The van der Waals surface area contributed by atoms with Gasteiger partial charge in [-0.1, -0.05) is 0 Å². The van der Waals surface area contributed by atoms with Crippen LogP contribution in [0, 0.1) is 0 Å². The molecule has 5 heteroatoms. The van der Waals surface area contributed by atoms with Gasteiger partial charge in [0.15, 0.2) is 5.50 Å². The van der Waals surface area contributed by atoms with E-state index in [0.717, 1.165) is 0 Å². The first-order valence-corrected chi connectivity index (χ1v) is 4.88. The third-order valence-corrected chi connectivity index (χ3v) is 2.74. The second-order valence-corrected chi connectivity index (χ2v) is 3.78. The van der Waals surface area contributed by atoms with Gasteiger partial charge in [-0.25, -0.2) is 0 Å². The number of aliphatic hydroxyl groups excluding tert-OH is 1. The minimum absolute atomic E-state index is 0.219. The van der Waals surface area contributed by atoms with E-state index >= 15 is 0 Å². The summed E-state index contributed by atoms with van der Waals surface area (Å²) in [5.41, 5.74) is -0.541. The standard InChI is InChI=1S/C6H13O4P/c1-4-9-11(8,6(3)7)10-5-2/h7H,3-5H2,1-2H3. The molecule has 0 aliphatic carbocycles. The molecule has 0 aliphatic heterocycles. The Labute approximate surface area is 66.4 Å². The van der Waals surface area contributed by atoms with Crippen LogP contribution in [0.15, 0.2) is 12.1 Å². The Balaban J connectivity index is 4.27. The van der Waals surface area contributed by atoms with E-state index in [4.69, 9.17) is 14.2 Å². The molecule has 0 bridgehead atoms. The molecule has 0 heterocycles. The predicted molar refractivity (Wildman–Crippen MR) is 42.6 cm³/mol. The zero-order chi connectivity index (χ0) is 8.91. The highest BCUT2D eigenvalue weighted by molar-refractivity contribution is 7.58. The Kier molecular flexibility index (Phi) is 4.42. The molecule has 0 radical (unpaired) electrons. The van der Waals surface area contributed by atoms with Gasteiger partial charge in [-0.3, -0.25) is 4.57 Å². The third kappa shape index (κ3) is 3.06. The molecule has 0 fully saturated rings. The average Bonchev–Trinajstić information content (AvgIpc) is 1.88. The molecule has 0 aliphatic rings. The Bertz CT molecular complexity index is 167. The summed E-state index contributed by atoms with van der Waals surface area (Å²) >= 11 is 0. The average molecular weight is 180 g/mol. The lowest BCUT2D eigenvalue weighted by molar-refractivity contribution is 0.211. The molecule has 4 nitrogen and oxygen atoms in total. The Morgan fingerprint density at radius 3 is 2.00 bits per heavy atom. The smallest absolute Gasteiger partial charge is 0.394 e. The van der Waals surface area contributed by atoms with Gasteiger partial charge in [0, 0.05) is 0 Å². The SMILES string of the molecule is C=C(O)P(=O)(OCC)OCC. The summed E-state index contributed by atoms with van der Waals surface area (Å²) < 4.78 is 20.7.